The van der Waals surface area contributed by atoms with Gasteiger partial charge in [-0.25, -0.2) is 0 Å². The van der Waals surface area contributed by atoms with Crippen LogP contribution in [0.2, 0.25) is 0 Å². The first-order chi connectivity index (χ1) is 6.63. The molecule has 0 aliphatic rings. The molecular weight excluding hydrogens is 180 g/mol. The minimum absolute atomic E-state index is 0.581. The Labute approximate surface area is 82.9 Å². The van der Waals surface area contributed by atoms with Crippen LogP contribution in [0, 0.1) is 0 Å². The van der Waals surface area contributed by atoms with Crippen LogP contribution in [0.15, 0.2) is 24.3 Å². The van der Waals surface area contributed by atoms with Crippen LogP contribution < -0.4 is 10.6 Å². The molecule has 0 saturated carbocycles. The average molecular weight is 194 g/mol. The van der Waals surface area contributed by atoms with Crippen molar-refractivity contribution in [2.45, 2.75) is 13.0 Å². The van der Waals surface area contributed by atoms with Crippen molar-refractivity contribution in [1.82, 2.24) is 0 Å². The van der Waals surface area contributed by atoms with E-state index in [-0.39, 0.29) is 0 Å². The van der Waals surface area contributed by atoms with Crippen molar-refractivity contribution in [2.24, 2.45) is 0 Å². The van der Waals surface area contributed by atoms with Crippen LogP contribution in [0.3, 0.4) is 0 Å². The summed E-state index contributed by atoms with van der Waals surface area (Å²) in [5.41, 5.74) is 1.75. The summed E-state index contributed by atoms with van der Waals surface area (Å²) in [5, 5.41) is 14.6. The van der Waals surface area contributed by atoms with Crippen molar-refractivity contribution in [1.29, 1.82) is 0 Å². The summed E-state index contributed by atoms with van der Waals surface area (Å²) < 4.78 is 0. The van der Waals surface area contributed by atoms with E-state index < -0.39 is 12.0 Å². The van der Waals surface area contributed by atoms with Crippen molar-refractivity contribution in [3.05, 3.63) is 24.3 Å². The molecule has 14 heavy (non-hydrogen) atoms. The lowest BCUT2D eigenvalue weighted by molar-refractivity contribution is -0.137. The van der Waals surface area contributed by atoms with Crippen molar-refractivity contribution in [3.8, 4) is 0 Å². The number of nitrogens with one attached hydrogen (secondary N) is 2. The van der Waals surface area contributed by atoms with E-state index in [2.05, 4.69) is 10.6 Å². The standard InChI is InChI=1S/C10H14N2O2/c1-7(10(13)14)12-9-5-3-4-8(6-9)11-2/h3-7,11-12H,1-2H3,(H,13,14)/t7-/m0/s1. The molecule has 1 aromatic rings. The van der Waals surface area contributed by atoms with Crippen molar-refractivity contribution in [2.75, 3.05) is 17.7 Å². The number of carboxylic acid groups (broad SMARTS) is 1. The molecule has 1 aromatic carbocycles. The molecule has 1 rings (SSSR count). The van der Waals surface area contributed by atoms with Crippen LogP contribution in [0.1, 0.15) is 6.92 Å². The van der Waals surface area contributed by atoms with Gasteiger partial charge in [-0.15, -0.1) is 0 Å². The van der Waals surface area contributed by atoms with Gasteiger partial charge in [-0.05, 0) is 25.1 Å². The molecule has 0 spiro atoms. The number of rotatable bonds is 4. The zero-order valence-electron chi connectivity index (χ0n) is 8.24. The van der Waals surface area contributed by atoms with Gasteiger partial charge in [0, 0.05) is 18.4 Å². The second kappa shape index (κ2) is 4.50. The third kappa shape index (κ3) is 2.65. The van der Waals surface area contributed by atoms with E-state index in [4.69, 9.17) is 5.11 Å². The number of carbonyl (C=O) groups is 1. The number of anilines is 2. The number of aliphatic carboxylic acids is 1. The Morgan fingerprint density at radius 2 is 2.07 bits per heavy atom. The summed E-state index contributed by atoms with van der Waals surface area (Å²) >= 11 is 0. The Morgan fingerprint density at radius 1 is 1.43 bits per heavy atom. The van der Waals surface area contributed by atoms with Crippen LogP contribution in [0.4, 0.5) is 11.4 Å². The largest absolute Gasteiger partial charge is 0.480 e. The van der Waals surface area contributed by atoms with E-state index in [0.717, 1.165) is 11.4 Å². The fraction of sp³-hybridized carbons (Fsp3) is 0.300. The molecule has 0 unspecified atom stereocenters. The molecule has 4 heteroatoms. The second-order valence-electron chi connectivity index (χ2n) is 3.04. The fourth-order valence-electron chi connectivity index (χ4n) is 1.08. The third-order valence-corrected chi connectivity index (χ3v) is 1.90. The molecule has 0 fully saturated rings. The molecule has 0 radical (unpaired) electrons. The highest BCUT2D eigenvalue weighted by atomic mass is 16.4. The summed E-state index contributed by atoms with van der Waals surface area (Å²) in [7, 11) is 1.82. The van der Waals surface area contributed by atoms with Crippen LogP contribution in [-0.4, -0.2) is 24.2 Å². The van der Waals surface area contributed by atoms with Crippen molar-refractivity contribution >= 4 is 17.3 Å². The van der Waals surface area contributed by atoms with E-state index in [1.165, 1.54) is 0 Å². The van der Waals surface area contributed by atoms with Crippen molar-refractivity contribution in [3.63, 3.8) is 0 Å². The molecule has 0 bridgehead atoms. The highest BCUT2D eigenvalue weighted by Gasteiger charge is 2.09. The highest BCUT2D eigenvalue weighted by molar-refractivity contribution is 5.77. The molecule has 0 saturated heterocycles. The van der Waals surface area contributed by atoms with E-state index >= 15 is 0 Å². The van der Waals surface area contributed by atoms with Crippen LogP contribution >= 0.6 is 0 Å². The summed E-state index contributed by atoms with van der Waals surface area (Å²) in [4.78, 5) is 10.6. The van der Waals surface area contributed by atoms with Gasteiger partial charge < -0.3 is 15.7 Å². The zero-order chi connectivity index (χ0) is 10.6. The Hall–Kier alpha value is -1.71. The predicted molar refractivity (Wildman–Crippen MR) is 56.7 cm³/mol. The molecule has 0 aromatic heterocycles. The quantitative estimate of drug-likeness (QED) is 0.681. The maximum absolute atomic E-state index is 10.6. The Kier molecular flexibility index (Phi) is 3.34. The lowest BCUT2D eigenvalue weighted by Gasteiger charge is -2.11. The number of hydrogen-bond donors (Lipinski definition) is 3. The number of carboxylic acids is 1. The topological polar surface area (TPSA) is 61.4 Å². The SMILES string of the molecule is CNc1cccc(N[C@@H](C)C(=O)O)c1. The van der Waals surface area contributed by atoms with Crippen LogP contribution in [-0.2, 0) is 4.79 Å². The number of hydrogen-bond acceptors (Lipinski definition) is 3. The van der Waals surface area contributed by atoms with Gasteiger partial charge in [0.05, 0.1) is 0 Å². The molecule has 76 valence electrons. The molecule has 0 amide bonds. The Balaban J connectivity index is 2.71. The van der Waals surface area contributed by atoms with Gasteiger partial charge in [-0.1, -0.05) is 6.07 Å². The van der Waals surface area contributed by atoms with Gasteiger partial charge in [0.1, 0.15) is 6.04 Å². The molecule has 0 heterocycles. The Morgan fingerprint density at radius 3 is 2.64 bits per heavy atom. The van der Waals surface area contributed by atoms with Crippen molar-refractivity contribution < 1.29 is 9.90 Å². The van der Waals surface area contributed by atoms with E-state index in [1.807, 2.05) is 31.3 Å². The first kappa shape index (κ1) is 10.4. The van der Waals surface area contributed by atoms with Gasteiger partial charge in [-0.2, -0.15) is 0 Å². The average Bonchev–Trinajstić information content (AvgIpc) is 2.18. The first-order valence-corrected chi connectivity index (χ1v) is 4.40. The van der Waals surface area contributed by atoms with E-state index in [0.29, 0.717) is 0 Å². The monoisotopic (exact) mass is 194 g/mol. The van der Waals surface area contributed by atoms with Gasteiger partial charge in [0.15, 0.2) is 0 Å². The minimum atomic E-state index is -0.861. The second-order valence-corrected chi connectivity index (χ2v) is 3.04. The van der Waals surface area contributed by atoms with Crippen LogP contribution in [0.25, 0.3) is 0 Å². The molecule has 3 N–H and O–H groups in total. The predicted octanol–water partition coefficient (Wildman–Crippen LogP) is 1.61. The molecular formula is C10H14N2O2. The summed E-state index contributed by atoms with van der Waals surface area (Å²) in [6, 6.07) is 6.89. The summed E-state index contributed by atoms with van der Waals surface area (Å²) in [6.07, 6.45) is 0. The Bertz CT molecular complexity index is 326. The highest BCUT2D eigenvalue weighted by Crippen LogP contribution is 2.15. The number of benzene rings is 1. The van der Waals surface area contributed by atoms with E-state index in [1.54, 1.807) is 6.92 Å². The van der Waals surface area contributed by atoms with Gasteiger partial charge >= 0.3 is 5.97 Å². The lowest BCUT2D eigenvalue weighted by Crippen LogP contribution is -2.25. The lowest BCUT2D eigenvalue weighted by atomic mass is 10.2. The van der Waals surface area contributed by atoms with Crippen LogP contribution in [0.5, 0.6) is 0 Å². The fourth-order valence-corrected chi connectivity index (χ4v) is 1.08. The smallest absolute Gasteiger partial charge is 0.325 e. The molecule has 1 atom stereocenters. The summed E-state index contributed by atoms with van der Waals surface area (Å²) in [6.45, 7) is 1.61. The van der Waals surface area contributed by atoms with Gasteiger partial charge in [-0.3, -0.25) is 4.79 Å². The van der Waals surface area contributed by atoms with E-state index in [9.17, 15) is 4.79 Å². The molecule has 0 aliphatic carbocycles. The van der Waals surface area contributed by atoms with Gasteiger partial charge in [0.25, 0.3) is 0 Å². The summed E-state index contributed by atoms with van der Waals surface area (Å²) in [5.74, 6) is -0.861. The zero-order valence-corrected chi connectivity index (χ0v) is 8.24. The maximum atomic E-state index is 10.6. The molecule has 4 nitrogen and oxygen atoms in total. The normalized spacial score (nSPS) is 11.9. The first-order valence-electron chi connectivity index (χ1n) is 4.40. The molecule has 0 aliphatic heterocycles. The minimum Gasteiger partial charge on any atom is -0.480 e. The third-order valence-electron chi connectivity index (χ3n) is 1.90. The van der Waals surface area contributed by atoms with Gasteiger partial charge in [0.2, 0.25) is 0 Å². The maximum Gasteiger partial charge on any atom is 0.325 e.